The lowest BCUT2D eigenvalue weighted by atomic mass is 10.0. The highest BCUT2D eigenvalue weighted by Crippen LogP contribution is 2.21. The number of benzene rings is 1. The van der Waals surface area contributed by atoms with Crippen molar-refractivity contribution in [1.29, 1.82) is 5.26 Å². The number of anilines is 1. The number of hydrogen-bond donors (Lipinski definition) is 2. The van der Waals surface area contributed by atoms with Crippen molar-refractivity contribution in [2.24, 2.45) is 5.92 Å². The first-order chi connectivity index (χ1) is 9.99. The third kappa shape index (κ3) is 4.18. The Kier molecular flexibility index (Phi) is 5.18. The monoisotopic (exact) mass is 307 g/mol. The summed E-state index contributed by atoms with van der Waals surface area (Å²) in [6, 6.07) is 6.78. The Morgan fingerprint density at radius 1 is 1.67 bits per heavy atom. The van der Waals surface area contributed by atoms with Crippen LogP contribution in [0.2, 0.25) is 5.02 Å². The molecular weight excluding hydrogens is 290 g/mol. The molecule has 1 aromatic carbocycles. The normalized spacial score (nSPS) is 20.0. The average Bonchev–Trinajstić information content (AvgIpc) is 2.87. The fourth-order valence-electron chi connectivity index (χ4n) is 2.49. The van der Waals surface area contributed by atoms with Crippen molar-refractivity contribution in [1.82, 2.24) is 4.90 Å². The van der Waals surface area contributed by atoms with E-state index in [0.717, 1.165) is 19.5 Å². The molecule has 1 saturated heterocycles. The van der Waals surface area contributed by atoms with E-state index in [4.69, 9.17) is 16.9 Å². The number of amides is 1. The summed E-state index contributed by atoms with van der Waals surface area (Å²) in [5, 5.41) is 21.4. The van der Waals surface area contributed by atoms with Crippen LogP contribution in [0.4, 0.5) is 5.69 Å². The first-order valence-corrected chi connectivity index (χ1v) is 7.27. The molecule has 0 spiro atoms. The fraction of sp³-hybridized carbons (Fsp3) is 0.467. The maximum Gasteiger partial charge on any atom is 0.238 e. The van der Waals surface area contributed by atoms with Gasteiger partial charge in [-0.05, 0) is 44.0 Å². The molecule has 2 unspecified atom stereocenters. The molecule has 1 amide bonds. The first kappa shape index (κ1) is 15.8. The second-order valence-corrected chi connectivity index (χ2v) is 5.79. The Morgan fingerprint density at radius 2 is 2.43 bits per heavy atom. The van der Waals surface area contributed by atoms with Crippen molar-refractivity contribution in [3.8, 4) is 6.07 Å². The maximum atomic E-state index is 12.0. The smallest absolute Gasteiger partial charge is 0.238 e. The van der Waals surface area contributed by atoms with E-state index in [1.807, 2.05) is 11.0 Å². The van der Waals surface area contributed by atoms with E-state index in [-0.39, 0.29) is 17.9 Å². The Morgan fingerprint density at radius 3 is 3.00 bits per heavy atom. The van der Waals surface area contributed by atoms with Gasteiger partial charge in [0, 0.05) is 12.2 Å². The maximum absolute atomic E-state index is 12.0. The van der Waals surface area contributed by atoms with Gasteiger partial charge in [0.25, 0.3) is 0 Å². The zero-order valence-corrected chi connectivity index (χ0v) is 12.6. The van der Waals surface area contributed by atoms with Gasteiger partial charge >= 0.3 is 0 Å². The van der Waals surface area contributed by atoms with Gasteiger partial charge in [0.1, 0.15) is 6.07 Å². The van der Waals surface area contributed by atoms with Crippen LogP contribution in [0.1, 0.15) is 18.9 Å². The summed E-state index contributed by atoms with van der Waals surface area (Å²) in [5.41, 5.74) is 0.962. The summed E-state index contributed by atoms with van der Waals surface area (Å²) in [4.78, 5) is 14.0. The Labute approximate surface area is 129 Å². The standard InChI is InChI=1S/C15H18ClN3O2/c1-10(20)12-4-5-19(8-12)9-15(21)18-13-3-2-11(7-17)14(16)6-13/h2-3,6,10,12,20H,4-5,8-9H2,1H3,(H,18,21). The average molecular weight is 308 g/mol. The molecule has 0 aliphatic carbocycles. The number of hydrogen-bond acceptors (Lipinski definition) is 4. The number of nitriles is 1. The van der Waals surface area contributed by atoms with Gasteiger partial charge in [-0.2, -0.15) is 5.26 Å². The predicted octanol–water partition coefficient (Wildman–Crippen LogP) is 1.85. The molecule has 0 radical (unpaired) electrons. The number of carbonyl (C=O) groups excluding carboxylic acids is 1. The number of likely N-dealkylation sites (tertiary alicyclic amines) is 1. The predicted molar refractivity (Wildman–Crippen MR) is 81.0 cm³/mol. The van der Waals surface area contributed by atoms with Gasteiger partial charge in [-0.1, -0.05) is 11.6 Å². The molecule has 1 aliphatic rings. The molecule has 1 aromatic rings. The molecule has 1 aliphatic heterocycles. The highest BCUT2D eigenvalue weighted by atomic mass is 35.5. The minimum atomic E-state index is -0.338. The first-order valence-electron chi connectivity index (χ1n) is 6.89. The highest BCUT2D eigenvalue weighted by Gasteiger charge is 2.26. The van der Waals surface area contributed by atoms with Crippen LogP contribution in [0.25, 0.3) is 0 Å². The summed E-state index contributed by atoms with van der Waals surface area (Å²) < 4.78 is 0. The van der Waals surface area contributed by atoms with Crippen LogP contribution in [0.3, 0.4) is 0 Å². The Balaban J connectivity index is 1.88. The van der Waals surface area contributed by atoms with Crippen molar-refractivity contribution >= 4 is 23.2 Å². The quantitative estimate of drug-likeness (QED) is 0.890. The van der Waals surface area contributed by atoms with Crippen molar-refractivity contribution < 1.29 is 9.90 Å². The summed E-state index contributed by atoms with van der Waals surface area (Å²) in [5.74, 6) is 0.115. The van der Waals surface area contributed by atoms with Gasteiger partial charge in [0.2, 0.25) is 5.91 Å². The zero-order valence-electron chi connectivity index (χ0n) is 11.8. The van der Waals surface area contributed by atoms with Crippen molar-refractivity contribution in [2.75, 3.05) is 25.0 Å². The minimum absolute atomic E-state index is 0.123. The van der Waals surface area contributed by atoms with Gasteiger partial charge in [0.05, 0.1) is 23.2 Å². The van der Waals surface area contributed by atoms with Crippen LogP contribution < -0.4 is 5.32 Å². The summed E-state index contributed by atoms with van der Waals surface area (Å²) >= 11 is 5.93. The van der Waals surface area contributed by atoms with Crippen LogP contribution in [0, 0.1) is 17.2 Å². The molecule has 2 N–H and O–H groups in total. The lowest BCUT2D eigenvalue weighted by Gasteiger charge is -2.17. The third-order valence-electron chi connectivity index (χ3n) is 3.73. The minimum Gasteiger partial charge on any atom is -0.393 e. The molecule has 2 rings (SSSR count). The molecule has 112 valence electrons. The molecule has 6 heteroatoms. The fourth-order valence-corrected chi connectivity index (χ4v) is 2.71. The zero-order chi connectivity index (χ0) is 15.4. The van der Waals surface area contributed by atoms with E-state index in [0.29, 0.717) is 22.8 Å². The molecular formula is C15H18ClN3O2. The number of aliphatic hydroxyl groups is 1. The highest BCUT2D eigenvalue weighted by molar-refractivity contribution is 6.32. The van der Waals surface area contributed by atoms with E-state index in [1.54, 1.807) is 25.1 Å². The number of nitrogens with one attached hydrogen (secondary N) is 1. The van der Waals surface area contributed by atoms with Crippen LogP contribution in [-0.4, -0.2) is 41.7 Å². The summed E-state index contributed by atoms with van der Waals surface area (Å²) in [6.45, 7) is 3.63. The molecule has 1 heterocycles. The molecule has 21 heavy (non-hydrogen) atoms. The van der Waals surface area contributed by atoms with Crippen LogP contribution in [0.15, 0.2) is 18.2 Å². The molecule has 2 atom stereocenters. The Bertz CT molecular complexity index is 569. The summed E-state index contributed by atoms with van der Waals surface area (Å²) in [6.07, 6.45) is 0.573. The van der Waals surface area contributed by atoms with E-state index < -0.39 is 0 Å². The lowest BCUT2D eigenvalue weighted by molar-refractivity contribution is -0.117. The van der Waals surface area contributed by atoms with Crippen LogP contribution >= 0.6 is 11.6 Å². The van der Waals surface area contributed by atoms with Crippen LogP contribution in [0.5, 0.6) is 0 Å². The topological polar surface area (TPSA) is 76.4 Å². The molecule has 0 bridgehead atoms. The van der Waals surface area contributed by atoms with Gasteiger partial charge in [-0.15, -0.1) is 0 Å². The second kappa shape index (κ2) is 6.90. The van der Waals surface area contributed by atoms with E-state index >= 15 is 0 Å². The lowest BCUT2D eigenvalue weighted by Crippen LogP contribution is -2.32. The number of aliphatic hydroxyl groups excluding tert-OH is 1. The van der Waals surface area contributed by atoms with Crippen molar-refractivity contribution in [3.05, 3.63) is 28.8 Å². The second-order valence-electron chi connectivity index (χ2n) is 5.38. The summed E-state index contributed by atoms with van der Waals surface area (Å²) in [7, 11) is 0. The number of carbonyl (C=O) groups is 1. The SMILES string of the molecule is CC(O)C1CCN(CC(=O)Nc2ccc(C#N)c(Cl)c2)C1. The van der Waals surface area contributed by atoms with Crippen molar-refractivity contribution in [2.45, 2.75) is 19.4 Å². The van der Waals surface area contributed by atoms with Crippen LogP contribution in [-0.2, 0) is 4.79 Å². The van der Waals surface area contributed by atoms with Crippen molar-refractivity contribution in [3.63, 3.8) is 0 Å². The number of rotatable bonds is 4. The van der Waals surface area contributed by atoms with Gasteiger partial charge in [-0.25, -0.2) is 0 Å². The number of nitrogens with zero attached hydrogens (tertiary/aromatic N) is 2. The third-order valence-corrected chi connectivity index (χ3v) is 4.04. The van der Waals surface area contributed by atoms with E-state index in [2.05, 4.69) is 5.32 Å². The molecule has 0 saturated carbocycles. The molecule has 0 aromatic heterocycles. The van der Waals surface area contributed by atoms with Gasteiger partial charge in [-0.3, -0.25) is 9.69 Å². The van der Waals surface area contributed by atoms with Gasteiger partial charge < -0.3 is 10.4 Å². The van der Waals surface area contributed by atoms with E-state index in [9.17, 15) is 9.90 Å². The van der Waals surface area contributed by atoms with E-state index in [1.165, 1.54) is 0 Å². The molecule has 1 fully saturated rings. The Hall–Kier alpha value is -1.61. The largest absolute Gasteiger partial charge is 0.393 e. The number of halogens is 1. The van der Waals surface area contributed by atoms with Gasteiger partial charge in [0.15, 0.2) is 0 Å². The molecule has 5 nitrogen and oxygen atoms in total.